The highest BCUT2D eigenvalue weighted by Gasteiger charge is 2.34. The maximum Gasteiger partial charge on any atom is 0.261 e. The molecule has 0 spiro atoms. The third-order valence-electron chi connectivity index (χ3n) is 7.75. The summed E-state index contributed by atoms with van der Waals surface area (Å²) in [6.07, 6.45) is 6.76. The van der Waals surface area contributed by atoms with Crippen molar-refractivity contribution < 1.29 is 23.0 Å². The molecule has 212 valence electrons. The molecular formula is C32H38N2O5S. The number of benzene rings is 3. The van der Waals surface area contributed by atoms with Crippen molar-refractivity contribution in [2.24, 2.45) is 0 Å². The Kier molecular flexibility index (Phi) is 9.34. The van der Waals surface area contributed by atoms with E-state index in [0.717, 1.165) is 29.8 Å². The maximum absolute atomic E-state index is 12.8. The molecule has 1 aliphatic heterocycles. The van der Waals surface area contributed by atoms with Crippen LogP contribution in [0.5, 0.6) is 0 Å². The Morgan fingerprint density at radius 1 is 0.925 bits per heavy atom. The third kappa shape index (κ3) is 7.00. The molecule has 7 nitrogen and oxygen atoms in total. The van der Waals surface area contributed by atoms with Crippen molar-refractivity contribution in [2.45, 2.75) is 68.1 Å². The fraction of sp³-hybridized carbons (Fsp3) is 0.375. The quantitative estimate of drug-likeness (QED) is 0.281. The van der Waals surface area contributed by atoms with Crippen molar-refractivity contribution in [3.8, 4) is 0 Å². The van der Waals surface area contributed by atoms with Crippen molar-refractivity contribution in [3.63, 3.8) is 0 Å². The highest BCUT2D eigenvalue weighted by molar-refractivity contribution is 7.92. The Morgan fingerprint density at radius 2 is 1.60 bits per heavy atom. The van der Waals surface area contributed by atoms with E-state index in [-0.39, 0.29) is 23.7 Å². The molecule has 8 heteroatoms. The summed E-state index contributed by atoms with van der Waals surface area (Å²) < 4.78 is 41.2. The molecule has 0 unspecified atom stereocenters. The molecule has 1 heterocycles. The van der Waals surface area contributed by atoms with Crippen LogP contribution in [0.2, 0.25) is 0 Å². The van der Waals surface area contributed by atoms with Gasteiger partial charge in [-0.1, -0.05) is 73.5 Å². The zero-order valence-electron chi connectivity index (χ0n) is 22.7. The molecular weight excluding hydrogens is 524 g/mol. The van der Waals surface area contributed by atoms with Gasteiger partial charge in [-0.05, 0) is 48.2 Å². The lowest BCUT2D eigenvalue weighted by Gasteiger charge is -2.39. The number of rotatable bonds is 11. The zero-order valence-corrected chi connectivity index (χ0v) is 23.5. The van der Waals surface area contributed by atoms with Crippen LogP contribution in [-0.4, -0.2) is 43.7 Å². The first-order chi connectivity index (χ1) is 19.4. The first-order valence-electron chi connectivity index (χ1n) is 14.0. The molecule has 1 saturated heterocycles. The van der Waals surface area contributed by atoms with E-state index < -0.39 is 16.3 Å². The number of hydrogen-bond acceptors (Lipinski definition) is 6. The van der Waals surface area contributed by atoms with Crippen LogP contribution in [0.4, 0.5) is 5.69 Å². The van der Waals surface area contributed by atoms with Gasteiger partial charge >= 0.3 is 0 Å². The minimum Gasteiger partial charge on any atom is -0.392 e. The van der Waals surface area contributed by atoms with Gasteiger partial charge in [0.05, 0.1) is 23.7 Å². The number of anilines is 1. The summed E-state index contributed by atoms with van der Waals surface area (Å²) in [4.78, 5) is 2.70. The van der Waals surface area contributed by atoms with Gasteiger partial charge in [0.15, 0.2) is 6.29 Å². The fourth-order valence-corrected chi connectivity index (χ4v) is 6.70. The Bertz CT molecular complexity index is 1340. The van der Waals surface area contributed by atoms with E-state index in [1.54, 1.807) is 42.5 Å². The number of aliphatic hydroxyl groups excluding tert-OH is 1. The molecule has 0 bridgehead atoms. The third-order valence-corrected chi connectivity index (χ3v) is 9.14. The smallest absolute Gasteiger partial charge is 0.261 e. The van der Waals surface area contributed by atoms with Gasteiger partial charge in [-0.3, -0.25) is 9.62 Å². The minimum absolute atomic E-state index is 0.00154. The summed E-state index contributed by atoms with van der Waals surface area (Å²) >= 11 is 0. The number of nitrogens with zero attached hydrogens (tertiary/aromatic N) is 1. The van der Waals surface area contributed by atoms with Crippen LogP contribution in [0.15, 0.2) is 96.4 Å². The monoisotopic (exact) mass is 562 g/mol. The predicted molar refractivity (Wildman–Crippen MR) is 156 cm³/mol. The van der Waals surface area contributed by atoms with Crippen LogP contribution in [0.1, 0.15) is 61.2 Å². The number of ether oxygens (including phenoxy) is 2. The van der Waals surface area contributed by atoms with Gasteiger partial charge in [0.25, 0.3) is 10.0 Å². The largest absolute Gasteiger partial charge is 0.392 e. The average Bonchev–Trinajstić information content (AvgIpc) is 3.53. The SMILES string of the molecule is C=CCN(C[C@H]1C[C@@H](c2ccc(CO)cc2)O[C@@H](c2ccc(NS(=O)(=O)c3ccccc3)cc2)O1)C1CCCC1. The molecule has 2 aliphatic rings. The summed E-state index contributed by atoms with van der Waals surface area (Å²) in [5, 5.41) is 9.48. The first kappa shape index (κ1) is 28.5. The van der Waals surface area contributed by atoms with Crippen LogP contribution >= 0.6 is 0 Å². The van der Waals surface area contributed by atoms with Gasteiger partial charge in [-0.15, -0.1) is 6.58 Å². The second kappa shape index (κ2) is 13.1. The topological polar surface area (TPSA) is 88.1 Å². The van der Waals surface area contributed by atoms with E-state index in [1.807, 2.05) is 42.5 Å². The van der Waals surface area contributed by atoms with Crippen LogP contribution < -0.4 is 4.72 Å². The van der Waals surface area contributed by atoms with Gasteiger partial charge in [0, 0.05) is 36.8 Å². The molecule has 3 aromatic carbocycles. The Labute approximate surface area is 237 Å². The van der Waals surface area contributed by atoms with Crippen LogP contribution in [0.3, 0.4) is 0 Å². The lowest BCUT2D eigenvalue weighted by atomic mass is 9.99. The summed E-state index contributed by atoms with van der Waals surface area (Å²) in [7, 11) is -3.68. The molecule has 0 aromatic heterocycles. The molecule has 3 aromatic rings. The molecule has 5 rings (SSSR count). The summed E-state index contributed by atoms with van der Waals surface area (Å²) in [6, 6.07) is 23.9. The maximum atomic E-state index is 12.8. The predicted octanol–water partition coefficient (Wildman–Crippen LogP) is 5.96. The normalized spacial score (nSPS) is 21.9. The van der Waals surface area contributed by atoms with Crippen LogP contribution in [-0.2, 0) is 26.1 Å². The lowest BCUT2D eigenvalue weighted by Crippen LogP contribution is -2.43. The van der Waals surface area contributed by atoms with E-state index in [0.29, 0.717) is 18.2 Å². The highest BCUT2D eigenvalue weighted by atomic mass is 32.2. The van der Waals surface area contributed by atoms with Gasteiger partial charge in [0.2, 0.25) is 0 Å². The lowest BCUT2D eigenvalue weighted by molar-refractivity contribution is -0.253. The van der Waals surface area contributed by atoms with Crippen molar-refractivity contribution in [3.05, 3.63) is 108 Å². The molecule has 0 amide bonds. The number of aliphatic hydroxyl groups is 1. The van der Waals surface area contributed by atoms with Crippen molar-refractivity contribution in [2.75, 3.05) is 17.8 Å². The van der Waals surface area contributed by atoms with Gasteiger partial charge in [0.1, 0.15) is 0 Å². The fourth-order valence-electron chi connectivity index (χ4n) is 5.62. The van der Waals surface area contributed by atoms with Gasteiger partial charge in [-0.25, -0.2) is 8.42 Å². The second-order valence-corrected chi connectivity index (χ2v) is 12.3. The number of sulfonamides is 1. The highest BCUT2D eigenvalue weighted by Crippen LogP contribution is 2.39. The Balaban J connectivity index is 1.35. The Morgan fingerprint density at radius 3 is 2.25 bits per heavy atom. The van der Waals surface area contributed by atoms with Gasteiger partial charge < -0.3 is 14.6 Å². The number of hydrogen-bond donors (Lipinski definition) is 2. The van der Waals surface area contributed by atoms with Crippen LogP contribution in [0.25, 0.3) is 0 Å². The van der Waals surface area contributed by atoms with Crippen LogP contribution in [0, 0.1) is 0 Å². The summed E-state index contributed by atoms with van der Waals surface area (Å²) in [5.74, 6) is 0. The molecule has 0 radical (unpaired) electrons. The molecule has 3 atom stereocenters. The first-order valence-corrected chi connectivity index (χ1v) is 15.5. The molecule has 2 fully saturated rings. The van der Waals surface area contributed by atoms with Crippen molar-refractivity contribution in [1.82, 2.24) is 4.90 Å². The molecule has 1 aliphatic carbocycles. The van der Waals surface area contributed by atoms with E-state index in [2.05, 4.69) is 16.2 Å². The standard InChI is InChI=1S/C32H38N2O5S/c1-2-20-34(28-8-6-7-9-28)22-29-21-31(25-14-12-24(23-35)13-15-25)39-32(38-29)26-16-18-27(19-17-26)33-40(36,37)30-10-4-3-5-11-30/h2-5,10-19,28-29,31-33,35H,1,6-9,20-23H2/t29-,31+,32+/m1/s1. The van der Waals surface area contributed by atoms with Gasteiger partial charge in [-0.2, -0.15) is 0 Å². The van der Waals surface area contributed by atoms with E-state index >= 15 is 0 Å². The van der Waals surface area contributed by atoms with Crippen molar-refractivity contribution >= 4 is 15.7 Å². The average molecular weight is 563 g/mol. The molecule has 40 heavy (non-hydrogen) atoms. The second-order valence-electron chi connectivity index (χ2n) is 10.6. The number of nitrogens with one attached hydrogen (secondary N) is 1. The molecule has 2 N–H and O–H groups in total. The Hall–Kier alpha value is -3.01. The van der Waals surface area contributed by atoms with E-state index in [4.69, 9.17) is 9.47 Å². The minimum atomic E-state index is -3.68. The summed E-state index contributed by atoms with van der Waals surface area (Å²) in [5.41, 5.74) is 3.18. The van der Waals surface area contributed by atoms with Crippen molar-refractivity contribution in [1.29, 1.82) is 0 Å². The zero-order chi connectivity index (χ0) is 28.0. The van der Waals surface area contributed by atoms with E-state index in [1.165, 1.54) is 25.7 Å². The van der Waals surface area contributed by atoms with E-state index in [9.17, 15) is 13.5 Å². The molecule has 1 saturated carbocycles. The summed E-state index contributed by atoms with van der Waals surface area (Å²) in [6.45, 7) is 5.59.